The van der Waals surface area contributed by atoms with E-state index in [0.29, 0.717) is 10.1 Å². The molecule has 1 fully saturated rings. The molecule has 0 radical (unpaired) electrons. The predicted octanol–water partition coefficient (Wildman–Crippen LogP) is 1.82. The van der Waals surface area contributed by atoms with Crippen LogP contribution in [-0.2, 0) is 16.1 Å². The van der Waals surface area contributed by atoms with Gasteiger partial charge in [-0.25, -0.2) is 18.8 Å². The van der Waals surface area contributed by atoms with E-state index in [9.17, 15) is 23.9 Å². The Balaban J connectivity index is 1.68. The van der Waals surface area contributed by atoms with Crippen molar-refractivity contribution >= 4 is 28.6 Å². The zero-order valence-corrected chi connectivity index (χ0v) is 16.6. The second-order valence-electron chi connectivity index (χ2n) is 6.61. The van der Waals surface area contributed by atoms with Crippen molar-refractivity contribution in [1.29, 1.82) is 0 Å². The first-order valence-electron chi connectivity index (χ1n) is 9.05. The highest BCUT2D eigenvalue weighted by Crippen LogP contribution is 2.29. The number of aliphatic hydroxyl groups is 1. The molecule has 0 bridgehead atoms. The summed E-state index contributed by atoms with van der Waals surface area (Å²) in [5.74, 6) is -1.98. The number of carbonyl (C=O) groups excluding carboxylic acids is 1. The van der Waals surface area contributed by atoms with Crippen molar-refractivity contribution in [3.05, 3.63) is 40.4 Å². The Morgan fingerprint density at radius 2 is 2.07 bits per heavy atom. The maximum absolute atomic E-state index is 14.6. The average Bonchev–Trinajstić information content (AvgIpc) is 3.03. The number of hydrogen-bond donors (Lipinski definition) is 2. The molecule has 158 valence electrons. The Morgan fingerprint density at radius 1 is 1.34 bits per heavy atom. The summed E-state index contributed by atoms with van der Waals surface area (Å²) < 4.78 is 29.2. The lowest BCUT2D eigenvalue weighted by atomic mass is 10.2. The van der Waals surface area contributed by atoms with E-state index in [4.69, 9.17) is 4.84 Å². The molecule has 0 spiro atoms. The number of amides is 1. The van der Waals surface area contributed by atoms with Crippen LogP contribution in [0, 0.1) is 11.6 Å². The Kier molecular flexibility index (Phi) is 6.96. The fourth-order valence-corrected chi connectivity index (χ4v) is 3.59. The third-order valence-corrected chi connectivity index (χ3v) is 5.08. The van der Waals surface area contributed by atoms with Crippen LogP contribution in [0.1, 0.15) is 11.9 Å². The van der Waals surface area contributed by atoms with E-state index < -0.39 is 17.7 Å². The molecule has 1 aromatic heterocycles. The summed E-state index contributed by atoms with van der Waals surface area (Å²) in [6.45, 7) is 1.84. The zero-order chi connectivity index (χ0) is 21.0. The van der Waals surface area contributed by atoms with Crippen LogP contribution in [0.4, 0.5) is 20.2 Å². The fraction of sp³-hybridized carbons (Fsp3) is 0.444. The van der Waals surface area contributed by atoms with Crippen LogP contribution in [0.2, 0.25) is 0 Å². The molecule has 29 heavy (non-hydrogen) atoms. The molecule has 2 heterocycles. The van der Waals surface area contributed by atoms with Gasteiger partial charge in [-0.1, -0.05) is 0 Å². The summed E-state index contributed by atoms with van der Waals surface area (Å²) in [6, 6.07) is 2.00. The van der Waals surface area contributed by atoms with E-state index in [2.05, 4.69) is 4.98 Å². The highest BCUT2D eigenvalue weighted by Gasteiger charge is 2.25. The van der Waals surface area contributed by atoms with Crippen LogP contribution >= 0.6 is 11.3 Å². The lowest BCUT2D eigenvalue weighted by Crippen LogP contribution is -2.35. The topological polar surface area (TPSA) is 89.4 Å². The number of thiazole rings is 1. The number of carbonyl (C=O) groups is 1. The molecular weight excluding hydrogens is 406 g/mol. The monoisotopic (exact) mass is 428 g/mol. The second-order valence-corrected chi connectivity index (χ2v) is 7.59. The predicted molar refractivity (Wildman–Crippen MR) is 103 cm³/mol. The number of halogens is 2. The minimum atomic E-state index is -0.874. The highest BCUT2D eigenvalue weighted by atomic mass is 32.1. The molecule has 8 nitrogen and oxygen atoms in total. The normalized spacial score (nSPS) is 15.9. The first kappa shape index (κ1) is 21.4. The van der Waals surface area contributed by atoms with Crippen LogP contribution in [0.5, 0.6) is 0 Å². The van der Waals surface area contributed by atoms with Gasteiger partial charge in [0.25, 0.3) is 5.91 Å². The van der Waals surface area contributed by atoms with Gasteiger partial charge in [0.2, 0.25) is 0 Å². The van der Waals surface area contributed by atoms with Gasteiger partial charge in [-0.15, -0.1) is 11.3 Å². The molecule has 0 unspecified atom stereocenters. The molecule has 1 aliphatic rings. The van der Waals surface area contributed by atoms with Crippen LogP contribution < -0.4 is 9.96 Å². The van der Waals surface area contributed by atoms with E-state index in [-0.39, 0.29) is 56.5 Å². The van der Waals surface area contributed by atoms with Crippen molar-refractivity contribution in [1.82, 2.24) is 10.0 Å². The third-order valence-electron chi connectivity index (χ3n) is 4.30. The third kappa shape index (κ3) is 5.38. The van der Waals surface area contributed by atoms with Crippen LogP contribution in [0.3, 0.4) is 0 Å². The summed E-state index contributed by atoms with van der Waals surface area (Å²) in [6.07, 6.45) is 0.842. The second kappa shape index (κ2) is 9.44. The van der Waals surface area contributed by atoms with Crippen molar-refractivity contribution in [2.75, 3.05) is 42.7 Å². The number of nitrogens with zero attached hydrogens (tertiary/aromatic N) is 4. The molecule has 2 N–H and O–H groups in total. The summed E-state index contributed by atoms with van der Waals surface area (Å²) in [5, 5.41) is 23.4. The first-order chi connectivity index (χ1) is 13.8. The van der Waals surface area contributed by atoms with Crippen LogP contribution in [0.25, 0.3) is 0 Å². The maximum Gasteiger partial charge on any atom is 0.253 e. The lowest BCUT2D eigenvalue weighted by Gasteiger charge is -2.25. The highest BCUT2D eigenvalue weighted by molar-refractivity contribution is 7.09. The molecule has 1 aliphatic heterocycles. The number of hydroxylamine groups is 3. The smallest absolute Gasteiger partial charge is 0.253 e. The number of aromatic nitrogens is 1. The average molecular weight is 428 g/mol. The van der Waals surface area contributed by atoms with Crippen molar-refractivity contribution in [3.8, 4) is 0 Å². The van der Waals surface area contributed by atoms with Gasteiger partial charge in [-0.05, 0) is 6.92 Å². The molecule has 2 aromatic rings. The number of rotatable bonds is 6. The van der Waals surface area contributed by atoms with Crippen molar-refractivity contribution in [3.63, 3.8) is 0 Å². The minimum absolute atomic E-state index is 0.0817. The number of aliphatic hydroxyl groups excluding tert-OH is 1. The van der Waals surface area contributed by atoms with E-state index >= 15 is 0 Å². The molecule has 11 heteroatoms. The largest absolute Gasteiger partial charge is 0.391 e. The van der Waals surface area contributed by atoms with Gasteiger partial charge < -0.3 is 10.0 Å². The molecule has 1 atom stereocenters. The molecule has 3 rings (SSSR count). The Hall–Kier alpha value is -2.34. The van der Waals surface area contributed by atoms with Crippen molar-refractivity contribution in [2.24, 2.45) is 0 Å². The Bertz CT molecular complexity index is 814. The Labute approximate surface area is 170 Å². The quantitative estimate of drug-likeness (QED) is 0.679. The zero-order valence-electron chi connectivity index (χ0n) is 15.8. The molecule has 0 saturated carbocycles. The van der Waals surface area contributed by atoms with Crippen LogP contribution in [0.15, 0.2) is 23.7 Å². The SMILES string of the molecule is C[C@H](O)CN(O)c1cc(F)c(N2CCON(C(=O)Cc3nccs3)CC2)c(F)c1. The maximum atomic E-state index is 14.6. The van der Waals surface area contributed by atoms with E-state index in [1.54, 1.807) is 11.6 Å². The first-order valence-corrected chi connectivity index (χ1v) is 9.93. The van der Waals surface area contributed by atoms with Gasteiger partial charge in [0.05, 0.1) is 37.9 Å². The summed E-state index contributed by atoms with van der Waals surface area (Å²) >= 11 is 1.37. The fourth-order valence-electron chi connectivity index (χ4n) is 2.99. The molecule has 1 aromatic carbocycles. The molecule has 1 amide bonds. The van der Waals surface area contributed by atoms with Gasteiger partial charge in [0.15, 0.2) is 11.6 Å². The molecular formula is C18H22F2N4O4S. The Morgan fingerprint density at radius 3 is 2.69 bits per heavy atom. The van der Waals surface area contributed by atoms with Gasteiger partial charge in [-0.2, -0.15) is 0 Å². The van der Waals surface area contributed by atoms with Crippen molar-refractivity contribution < 1.29 is 28.7 Å². The minimum Gasteiger partial charge on any atom is -0.391 e. The van der Waals surface area contributed by atoms with Gasteiger partial charge >= 0.3 is 0 Å². The van der Waals surface area contributed by atoms with E-state index in [0.717, 1.165) is 12.1 Å². The summed E-state index contributed by atoms with van der Waals surface area (Å²) in [7, 11) is 0. The number of anilines is 2. The van der Waals surface area contributed by atoms with Gasteiger partial charge in [-0.3, -0.25) is 19.9 Å². The van der Waals surface area contributed by atoms with E-state index in [1.807, 2.05) is 0 Å². The lowest BCUT2D eigenvalue weighted by molar-refractivity contribution is -0.181. The van der Waals surface area contributed by atoms with E-state index in [1.165, 1.54) is 28.2 Å². The van der Waals surface area contributed by atoms with Gasteiger partial charge in [0.1, 0.15) is 10.7 Å². The van der Waals surface area contributed by atoms with Crippen molar-refractivity contribution in [2.45, 2.75) is 19.4 Å². The summed E-state index contributed by atoms with van der Waals surface area (Å²) in [5.41, 5.74) is -0.354. The number of hydrogen-bond acceptors (Lipinski definition) is 8. The summed E-state index contributed by atoms with van der Waals surface area (Å²) in [4.78, 5) is 23.3. The standard InChI is InChI=1S/C18H22F2N4O4S/c1-12(25)11-23(27)13-8-14(19)18(15(20)9-13)22-3-4-24(28-6-5-22)17(26)10-16-21-2-7-29-16/h2,7-9,12,25,27H,3-6,10-11H2,1H3/t12-/m0/s1. The van der Waals surface area contributed by atoms with Gasteiger partial charge in [0, 0.05) is 36.8 Å². The van der Waals surface area contributed by atoms with Crippen LogP contribution in [-0.4, -0.2) is 65.2 Å². The molecule has 0 aliphatic carbocycles. The molecule has 1 saturated heterocycles. The number of benzene rings is 1.